The van der Waals surface area contributed by atoms with E-state index in [9.17, 15) is 14.7 Å². The molecule has 0 fully saturated rings. The highest BCUT2D eigenvalue weighted by Crippen LogP contribution is 2.60. The van der Waals surface area contributed by atoms with Crippen LogP contribution in [0, 0.1) is 10.1 Å². The zero-order chi connectivity index (χ0) is 20.7. The number of hydrogen-bond donors (Lipinski definition) is 0. The molecule has 0 aliphatic rings. The number of ether oxygens (including phenoxy) is 1. The lowest BCUT2D eigenvalue weighted by molar-refractivity contribution is -0.480. The van der Waals surface area contributed by atoms with Gasteiger partial charge in [-0.25, -0.2) is 4.57 Å². The number of methoxy groups -OCH3 is 1. The van der Waals surface area contributed by atoms with Crippen LogP contribution in [-0.4, -0.2) is 18.6 Å². The average Bonchev–Trinajstić information content (AvgIpc) is 2.73. The molecule has 150 valence electrons. The van der Waals surface area contributed by atoms with Crippen molar-refractivity contribution >= 4 is 7.60 Å². The zero-order valence-corrected chi connectivity index (χ0v) is 16.6. The molecule has 7 nitrogen and oxygen atoms in total. The topological polar surface area (TPSA) is 87.9 Å². The van der Waals surface area contributed by atoms with Gasteiger partial charge in [0.05, 0.1) is 7.11 Å². The molecule has 0 heterocycles. The molecule has 0 N–H and O–H groups in total. The van der Waals surface area contributed by atoms with Crippen LogP contribution in [0.5, 0.6) is 17.2 Å². The minimum absolute atomic E-state index is 0.300. The molecule has 0 radical (unpaired) electrons. The molecule has 0 aliphatic carbocycles. The summed E-state index contributed by atoms with van der Waals surface area (Å²) >= 11 is 0. The SMILES string of the molecule is COc1ccc([C@@H](C[N+](=O)[O-])P(=O)(Oc2ccccc2)Oc2ccccc2)cc1. The van der Waals surface area contributed by atoms with Crippen LogP contribution >= 0.6 is 7.60 Å². The van der Waals surface area contributed by atoms with E-state index in [1.807, 2.05) is 0 Å². The summed E-state index contributed by atoms with van der Waals surface area (Å²) in [7, 11) is -2.54. The Morgan fingerprint density at radius 2 is 1.31 bits per heavy atom. The molecule has 0 aromatic heterocycles. The van der Waals surface area contributed by atoms with E-state index in [2.05, 4.69) is 0 Å². The van der Waals surface area contributed by atoms with Gasteiger partial charge in [0, 0.05) is 4.92 Å². The lowest BCUT2D eigenvalue weighted by Crippen LogP contribution is -2.18. The van der Waals surface area contributed by atoms with Gasteiger partial charge in [-0.1, -0.05) is 48.5 Å². The molecule has 1 atom stereocenters. The van der Waals surface area contributed by atoms with E-state index >= 15 is 0 Å². The average molecular weight is 413 g/mol. The summed E-state index contributed by atoms with van der Waals surface area (Å²) < 4.78 is 30.7. The summed E-state index contributed by atoms with van der Waals surface area (Å²) in [6, 6.07) is 23.5. The van der Waals surface area contributed by atoms with Crippen LogP contribution < -0.4 is 13.8 Å². The van der Waals surface area contributed by atoms with Crippen LogP contribution in [0.3, 0.4) is 0 Å². The molecule has 0 saturated heterocycles. The highest BCUT2D eigenvalue weighted by atomic mass is 31.2. The highest BCUT2D eigenvalue weighted by molar-refractivity contribution is 7.55. The van der Waals surface area contributed by atoms with Crippen molar-refractivity contribution in [3.8, 4) is 17.2 Å². The molecule has 3 aromatic rings. The van der Waals surface area contributed by atoms with Gasteiger partial charge in [0.1, 0.15) is 17.2 Å². The van der Waals surface area contributed by atoms with Crippen LogP contribution in [0.1, 0.15) is 11.2 Å². The number of nitro groups is 1. The summed E-state index contributed by atoms with van der Waals surface area (Å²) in [5.74, 6) is 1.18. The molecule has 3 aromatic carbocycles. The van der Waals surface area contributed by atoms with Gasteiger partial charge in [-0.3, -0.25) is 10.1 Å². The summed E-state index contributed by atoms with van der Waals surface area (Å²) in [6.07, 6.45) is 0. The third-order valence-electron chi connectivity index (χ3n) is 4.16. The molecule has 29 heavy (non-hydrogen) atoms. The third-order valence-corrected chi connectivity index (χ3v) is 6.31. The molecule has 0 saturated carbocycles. The Hall–Kier alpha value is -3.31. The van der Waals surface area contributed by atoms with Gasteiger partial charge in [0.15, 0.2) is 5.66 Å². The van der Waals surface area contributed by atoms with E-state index < -0.39 is 24.7 Å². The molecule has 8 heteroatoms. The van der Waals surface area contributed by atoms with Gasteiger partial charge in [-0.15, -0.1) is 0 Å². The van der Waals surface area contributed by atoms with Crippen molar-refractivity contribution in [1.29, 1.82) is 0 Å². The van der Waals surface area contributed by atoms with Gasteiger partial charge in [0.25, 0.3) is 0 Å². The van der Waals surface area contributed by atoms with Crippen LogP contribution in [0.15, 0.2) is 84.9 Å². The van der Waals surface area contributed by atoms with E-state index in [-0.39, 0.29) is 0 Å². The lowest BCUT2D eigenvalue weighted by Gasteiger charge is -2.25. The first-order valence-electron chi connectivity index (χ1n) is 8.85. The second-order valence-corrected chi connectivity index (χ2v) is 8.22. The Bertz CT molecular complexity index is 934. The largest absolute Gasteiger partial charge is 0.497 e. The maximum absolute atomic E-state index is 14.0. The molecule has 0 bridgehead atoms. The predicted molar refractivity (Wildman–Crippen MR) is 109 cm³/mol. The summed E-state index contributed by atoms with van der Waals surface area (Å²) in [5.41, 5.74) is -0.665. The van der Waals surface area contributed by atoms with E-state index in [1.54, 1.807) is 84.9 Å². The van der Waals surface area contributed by atoms with Crippen molar-refractivity contribution in [2.45, 2.75) is 5.66 Å². The standard InChI is InChI=1S/C21H20NO6P/c1-26-18-14-12-17(13-15-18)21(16-22(23)24)29(25,27-19-8-4-2-5-9-19)28-20-10-6-3-7-11-20/h2-15,21H,16H2,1H3/t21-/m1/s1. The highest BCUT2D eigenvalue weighted by Gasteiger charge is 2.44. The summed E-state index contributed by atoms with van der Waals surface area (Å²) in [4.78, 5) is 10.9. The maximum Gasteiger partial charge on any atom is 0.444 e. The zero-order valence-electron chi connectivity index (χ0n) is 15.7. The van der Waals surface area contributed by atoms with Crippen molar-refractivity contribution < 1.29 is 23.3 Å². The fourth-order valence-electron chi connectivity index (χ4n) is 2.76. The van der Waals surface area contributed by atoms with Crippen molar-refractivity contribution in [3.05, 3.63) is 101 Å². The molecular weight excluding hydrogens is 393 g/mol. The smallest absolute Gasteiger partial charge is 0.444 e. The molecular formula is C21H20NO6P. The molecule has 0 unspecified atom stereocenters. The number of para-hydroxylation sites is 2. The Labute approximate surface area is 168 Å². The summed E-state index contributed by atoms with van der Waals surface area (Å²) in [5, 5.41) is 11.4. The quantitative estimate of drug-likeness (QED) is 0.266. The number of hydrogen-bond acceptors (Lipinski definition) is 6. The molecule has 0 aliphatic heterocycles. The Morgan fingerprint density at radius 3 is 1.72 bits per heavy atom. The van der Waals surface area contributed by atoms with Gasteiger partial charge >= 0.3 is 7.60 Å². The second kappa shape index (κ2) is 9.26. The first-order valence-corrected chi connectivity index (χ1v) is 10.5. The number of benzene rings is 3. The normalized spacial score (nSPS) is 12.0. The first kappa shape index (κ1) is 20.4. The maximum atomic E-state index is 14.0. The monoisotopic (exact) mass is 413 g/mol. The van der Waals surface area contributed by atoms with Gasteiger partial charge in [-0.2, -0.15) is 0 Å². The van der Waals surface area contributed by atoms with Crippen LogP contribution in [0.2, 0.25) is 0 Å². The number of rotatable bonds is 9. The van der Waals surface area contributed by atoms with Crippen molar-refractivity contribution in [2.75, 3.05) is 13.7 Å². The fraction of sp³-hybridized carbons (Fsp3) is 0.143. The van der Waals surface area contributed by atoms with Crippen LogP contribution in [-0.2, 0) is 4.57 Å². The molecule has 0 spiro atoms. The van der Waals surface area contributed by atoms with Crippen molar-refractivity contribution in [1.82, 2.24) is 0 Å². The first-order chi connectivity index (χ1) is 14.0. The van der Waals surface area contributed by atoms with Gasteiger partial charge in [-0.05, 0) is 42.0 Å². The Kier molecular flexibility index (Phi) is 6.52. The van der Waals surface area contributed by atoms with Crippen LogP contribution in [0.4, 0.5) is 0 Å². The van der Waals surface area contributed by atoms with Crippen molar-refractivity contribution in [3.63, 3.8) is 0 Å². The van der Waals surface area contributed by atoms with Gasteiger partial charge in [0.2, 0.25) is 6.54 Å². The number of nitrogens with zero attached hydrogens (tertiary/aromatic N) is 1. The fourth-order valence-corrected chi connectivity index (χ4v) is 4.75. The third kappa shape index (κ3) is 5.36. The molecule has 0 amide bonds. The Balaban J connectivity index is 2.05. The second-order valence-electron chi connectivity index (χ2n) is 6.15. The van der Waals surface area contributed by atoms with E-state index in [4.69, 9.17) is 13.8 Å². The van der Waals surface area contributed by atoms with E-state index in [0.29, 0.717) is 22.8 Å². The van der Waals surface area contributed by atoms with E-state index in [0.717, 1.165) is 0 Å². The molecule has 3 rings (SSSR count). The Morgan fingerprint density at radius 1 is 0.828 bits per heavy atom. The van der Waals surface area contributed by atoms with Crippen molar-refractivity contribution in [2.24, 2.45) is 0 Å². The van der Waals surface area contributed by atoms with E-state index in [1.165, 1.54) is 7.11 Å². The predicted octanol–water partition coefficient (Wildman–Crippen LogP) is 5.36. The lowest BCUT2D eigenvalue weighted by atomic mass is 10.1. The summed E-state index contributed by atoms with van der Waals surface area (Å²) in [6.45, 7) is -0.622. The van der Waals surface area contributed by atoms with Gasteiger partial charge < -0.3 is 13.8 Å². The minimum atomic E-state index is -4.06. The van der Waals surface area contributed by atoms with Crippen LogP contribution in [0.25, 0.3) is 0 Å². The minimum Gasteiger partial charge on any atom is -0.497 e.